The molecule has 0 aliphatic rings. The molecular formula is C21H24N2O3. The van der Waals surface area contributed by atoms with Gasteiger partial charge in [-0.15, -0.1) is 0 Å². The highest BCUT2D eigenvalue weighted by molar-refractivity contribution is 5.94. The Hall–Kier alpha value is -2.95. The van der Waals surface area contributed by atoms with E-state index in [1.807, 2.05) is 31.2 Å². The first-order valence-corrected chi connectivity index (χ1v) is 8.66. The SMILES string of the molecule is C=C(NCC=O)OCCCC/C=C/c1cc2c(C)nccc2cc1C=O. The van der Waals surface area contributed by atoms with Crippen LogP contribution in [0.15, 0.2) is 42.9 Å². The first-order valence-electron chi connectivity index (χ1n) is 8.66. The first-order chi connectivity index (χ1) is 12.7. The van der Waals surface area contributed by atoms with Crippen molar-refractivity contribution in [1.29, 1.82) is 0 Å². The zero-order chi connectivity index (χ0) is 18.8. The van der Waals surface area contributed by atoms with Gasteiger partial charge >= 0.3 is 0 Å². The number of allylic oxidation sites excluding steroid dienone is 1. The molecule has 1 aromatic heterocycles. The molecule has 136 valence electrons. The van der Waals surface area contributed by atoms with Gasteiger partial charge in [-0.3, -0.25) is 9.78 Å². The second-order valence-corrected chi connectivity index (χ2v) is 5.93. The second-order valence-electron chi connectivity index (χ2n) is 5.93. The lowest BCUT2D eigenvalue weighted by molar-refractivity contribution is -0.107. The van der Waals surface area contributed by atoms with Crippen molar-refractivity contribution in [2.24, 2.45) is 0 Å². The lowest BCUT2D eigenvalue weighted by atomic mass is 10.0. The summed E-state index contributed by atoms with van der Waals surface area (Å²) in [5, 5.41) is 4.84. The molecule has 0 saturated heterocycles. The van der Waals surface area contributed by atoms with Crippen LogP contribution >= 0.6 is 0 Å². The fourth-order valence-corrected chi connectivity index (χ4v) is 2.62. The van der Waals surface area contributed by atoms with E-state index in [0.717, 1.165) is 53.9 Å². The summed E-state index contributed by atoms with van der Waals surface area (Å²) in [4.78, 5) is 25.9. The molecule has 5 heteroatoms. The Morgan fingerprint density at radius 3 is 2.88 bits per heavy atom. The molecule has 0 aliphatic heterocycles. The van der Waals surface area contributed by atoms with Crippen molar-refractivity contribution in [1.82, 2.24) is 10.3 Å². The van der Waals surface area contributed by atoms with Gasteiger partial charge < -0.3 is 14.8 Å². The average molecular weight is 352 g/mol. The van der Waals surface area contributed by atoms with Gasteiger partial charge in [0.25, 0.3) is 0 Å². The van der Waals surface area contributed by atoms with Gasteiger partial charge in [-0.25, -0.2) is 0 Å². The molecular weight excluding hydrogens is 328 g/mol. The maximum absolute atomic E-state index is 11.4. The molecule has 1 heterocycles. The molecule has 0 fully saturated rings. The molecule has 1 N–H and O–H groups in total. The highest BCUT2D eigenvalue weighted by Crippen LogP contribution is 2.22. The molecule has 2 aromatic rings. The summed E-state index contributed by atoms with van der Waals surface area (Å²) in [6.45, 7) is 6.40. The predicted octanol–water partition coefficient (Wildman–Crippen LogP) is 3.82. The summed E-state index contributed by atoms with van der Waals surface area (Å²) in [5.74, 6) is 0.420. The number of hydrogen-bond donors (Lipinski definition) is 1. The van der Waals surface area contributed by atoms with Crippen LogP contribution in [0.4, 0.5) is 0 Å². The van der Waals surface area contributed by atoms with E-state index >= 15 is 0 Å². The topological polar surface area (TPSA) is 68.3 Å². The van der Waals surface area contributed by atoms with Crippen molar-refractivity contribution >= 4 is 29.4 Å². The Bertz CT molecular complexity index is 812. The van der Waals surface area contributed by atoms with Crippen LogP contribution in [0.3, 0.4) is 0 Å². The van der Waals surface area contributed by atoms with Gasteiger partial charge in [0.1, 0.15) is 6.29 Å². The van der Waals surface area contributed by atoms with E-state index in [4.69, 9.17) is 4.74 Å². The normalized spacial score (nSPS) is 10.8. The van der Waals surface area contributed by atoms with Crippen molar-refractivity contribution in [3.8, 4) is 0 Å². The number of nitrogens with zero attached hydrogens (tertiary/aromatic N) is 1. The van der Waals surface area contributed by atoms with E-state index in [-0.39, 0.29) is 6.54 Å². The summed E-state index contributed by atoms with van der Waals surface area (Å²) in [6.07, 6.45) is 10.2. The van der Waals surface area contributed by atoms with Crippen LogP contribution in [0.25, 0.3) is 16.8 Å². The Kier molecular flexibility index (Phi) is 7.55. The highest BCUT2D eigenvalue weighted by Gasteiger charge is 2.04. The maximum Gasteiger partial charge on any atom is 0.179 e. The third kappa shape index (κ3) is 5.55. The summed E-state index contributed by atoms with van der Waals surface area (Å²) in [5.41, 5.74) is 2.54. The fraction of sp³-hybridized carbons (Fsp3) is 0.286. The molecule has 1 aromatic carbocycles. The van der Waals surface area contributed by atoms with Crippen LogP contribution in [-0.2, 0) is 9.53 Å². The molecule has 2 rings (SSSR count). The van der Waals surface area contributed by atoms with Crippen molar-refractivity contribution < 1.29 is 14.3 Å². The number of carbonyl (C=O) groups excluding carboxylic acids is 2. The minimum absolute atomic E-state index is 0.210. The summed E-state index contributed by atoms with van der Waals surface area (Å²) >= 11 is 0. The summed E-state index contributed by atoms with van der Waals surface area (Å²) in [7, 11) is 0. The molecule has 0 radical (unpaired) electrons. The van der Waals surface area contributed by atoms with Crippen molar-refractivity contribution in [3.63, 3.8) is 0 Å². The van der Waals surface area contributed by atoms with Gasteiger partial charge in [0.05, 0.1) is 13.2 Å². The quantitative estimate of drug-likeness (QED) is 0.378. The van der Waals surface area contributed by atoms with E-state index < -0.39 is 0 Å². The lowest BCUT2D eigenvalue weighted by Gasteiger charge is -2.08. The number of pyridine rings is 1. The summed E-state index contributed by atoms with van der Waals surface area (Å²) in [6, 6.07) is 5.84. The molecule has 0 aliphatic carbocycles. The average Bonchev–Trinajstić information content (AvgIpc) is 2.65. The van der Waals surface area contributed by atoms with Gasteiger partial charge in [-0.05, 0) is 61.9 Å². The van der Waals surface area contributed by atoms with Crippen LogP contribution in [0.2, 0.25) is 0 Å². The molecule has 0 atom stereocenters. The number of unbranched alkanes of at least 4 members (excludes halogenated alkanes) is 2. The number of hydrogen-bond acceptors (Lipinski definition) is 5. The monoisotopic (exact) mass is 352 g/mol. The number of benzene rings is 1. The van der Waals surface area contributed by atoms with Gasteiger partial charge in [0, 0.05) is 22.8 Å². The largest absolute Gasteiger partial charge is 0.480 e. The molecule has 0 unspecified atom stereocenters. The Morgan fingerprint density at radius 1 is 1.27 bits per heavy atom. The van der Waals surface area contributed by atoms with Gasteiger partial charge in [0.15, 0.2) is 12.2 Å². The standard InChI is InChI=1S/C21H24N2O3/c1-16-21-14-18(20(15-25)13-19(21)8-9-22-16)7-5-3-4-6-12-26-17(2)23-10-11-24/h5,7-9,11,13-15,23H,2-4,6,10,12H2,1H3/b7-5+. The van der Waals surface area contributed by atoms with Crippen molar-refractivity contribution in [2.75, 3.05) is 13.2 Å². The zero-order valence-corrected chi connectivity index (χ0v) is 15.0. The molecule has 5 nitrogen and oxygen atoms in total. The Morgan fingerprint density at radius 2 is 2.12 bits per heavy atom. The van der Waals surface area contributed by atoms with Crippen LogP contribution < -0.4 is 5.32 Å². The predicted molar refractivity (Wildman–Crippen MR) is 104 cm³/mol. The number of nitrogens with one attached hydrogen (secondary N) is 1. The van der Waals surface area contributed by atoms with Crippen LogP contribution in [-0.4, -0.2) is 30.7 Å². The molecule has 0 saturated carbocycles. The fourth-order valence-electron chi connectivity index (χ4n) is 2.62. The zero-order valence-electron chi connectivity index (χ0n) is 15.0. The Balaban J connectivity index is 1.86. The van der Waals surface area contributed by atoms with E-state index in [1.165, 1.54) is 0 Å². The number of aldehydes is 2. The lowest BCUT2D eigenvalue weighted by Crippen LogP contribution is -2.17. The van der Waals surface area contributed by atoms with E-state index in [2.05, 4.69) is 23.0 Å². The highest BCUT2D eigenvalue weighted by atomic mass is 16.5. The number of rotatable bonds is 11. The third-order valence-electron chi connectivity index (χ3n) is 4.02. The maximum atomic E-state index is 11.4. The third-order valence-corrected chi connectivity index (χ3v) is 4.02. The molecule has 0 bridgehead atoms. The van der Waals surface area contributed by atoms with Gasteiger partial charge in [0.2, 0.25) is 0 Å². The first kappa shape index (κ1) is 19.4. The summed E-state index contributed by atoms with van der Waals surface area (Å²) < 4.78 is 5.36. The second kappa shape index (κ2) is 10.1. The van der Waals surface area contributed by atoms with Crippen LogP contribution in [0.5, 0.6) is 0 Å². The van der Waals surface area contributed by atoms with E-state index in [9.17, 15) is 9.59 Å². The van der Waals surface area contributed by atoms with Gasteiger partial charge in [-0.2, -0.15) is 0 Å². The molecule has 0 amide bonds. The number of aromatic nitrogens is 1. The minimum Gasteiger partial charge on any atom is -0.480 e. The van der Waals surface area contributed by atoms with E-state index in [1.54, 1.807) is 6.20 Å². The van der Waals surface area contributed by atoms with E-state index in [0.29, 0.717) is 18.1 Å². The molecule has 26 heavy (non-hydrogen) atoms. The Labute approximate surface area is 153 Å². The number of fused-ring (bicyclic) bond motifs is 1. The van der Waals surface area contributed by atoms with Crippen LogP contribution in [0, 0.1) is 6.92 Å². The van der Waals surface area contributed by atoms with Gasteiger partial charge in [-0.1, -0.05) is 12.2 Å². The molecule has 0 spiro atoms. The number of carbonyl (C=O) groups is 2. The van der Waals surface area contributed by atoms with Crippen molar-refractivity contribution in [2.45, 2.75) is 26.2 Å². The number of ether oxygens (including phenoxy) is 1. The van der Waals surface area contributed by atoms with Crippen LogP contribution in [0.1, 0.15) is 40.9 Å². The minimum atomic E-state index is 0.210. The smallest absolute Gasteiger partial charge is 0.179 e. The number of aryl methyl sites for hydroxylation is 1. The van der Waals surface area contributed by atoms with Crippen molar-refractivity contribution in [3.05, 3.63) is 59.8 Å².